The lowest BCUT2D eigenvalue weighted by atomic mass is 9.98. The second-order valence-corrected chi connectivity index (χ2v) is 3.04. The van der Waals surface area contributed by atoms with Gasteiger partial charge in [0.05, 0.1) is 11.6 Å². The van der Waals surface area contributed by atoms with E-state index >= 15 is 0 Å². The Labute approximate surface area is 75.6 Å². The molecule has 1 heterocycles. The van der Waals surface area contributed by atoms with Gasteiger partial charge in [-0.2, -0.15) is 5.48 Å². The fraction of sp³-hybridized carbons (Fsp3) is 0.222. The van der Waals surface area contributed by atoms with Crippen LogP contribution in [0.15, 0.2) is 18.2 Å². The van der Waals surface area contributed by atoms with Crippen molar-refractivity contribution in [3.8, 4) is 5.75 Å². The number of benzene rings is 1. The topological polar surface area (TPSA) is 62.1 Å². The van der Waals surface area contributed by atoms with Crippen molar-refractivity contribution in [3.63, 3.8) is 0 Å². The van der Waals surface area contributed by atoms with E-state index in [0.717, 1.165) is 5.56 Å². The maximum absolute atomic E-state index is 11.2. The van der Waals surface area contributed by atoms with Gasteiger partial charge in [-0.1, -0.05) is 6.07 Å². The van der Waals surface area contributed by atoms with Gasteiger partial charge in [-0.05, 0) is 13.0 Å². The molecule has 0 saturated carbocycles. The van der Waals surface area contributed by atoms with Gasteiger partial charge in [0.25, 0.3) is 5.91 Å². The number of hydroxylamine groups is 1. The third-order valence-electron chi connectivity index (χ3n) is 2.13. The minimum Gasteiger partial charge on any atom is -0.379 e. The second-order valence-electron chi connectivity index (χ2n) is 3.04. The fourth-order valence-electron chi connectivity index (χ4n) is 1.32. The normalized spacial score (nSPS) is 20.1. The molecule has 1 aromatic carbocycles. The van der Waals surface area contributed by atoms with Gasteiger partial charge in [0.1, 0.15) is 0 Å². The Bertz CT molecular complexity index is 363. The van der Waals surface area contributed by atoms with Crippen LogP contribution < -0.4 is 16.1 Å². The van der Waals surface area contributed by atoms with E-state index in [9.17, 15) is 4.79 Å². The van der Waals surface area contributed by atoms with E-state index < -0.39 is 0 Å². The lowest BCUT2D eigenvalue weighted by Gasteiger charge is -2.21. The summed E-state index contributed by atoms with van der Waals surface area (Å²) in [5, 5.41) is 0. The number of carbonyl (C=O) groups is 1. The molecule has 1 aromatic rings. The highest BCUT2D eigenvalue weighted by atomic mass is 16.7. The molecule has 2 rings (SSSR count). The molecule has 0 aliphatic carbocycles. The summed E-state index contributed by atoms with van der Waals surface area (Å²) in [7, 11) is 0. The average molecular weight is 177 g/mol. The first kappa shape index (κ1) is 7.91. The molecule has 1 amide bonds. The lowest BCUT2D eigenvalue weighted by molar-refractivity contribution is -0.130. The van der Waals surface area contributed by atoms with Crippen molar-refractivity contribution in [2.75, 3.05) is 0 Å². The van der Waals surface area contributed by atoms with Crippen LogP contribution in [0.25, 0.3) is 0 Å². The predicted octanol–water partition coefficient (Wildman–Crippen LogP) is 1.13. The van der Waals surface area contributed by atoms with Crippen molar-refractivity contribution in [3.05, 3.63) is 23.8 Å². The first-order chi connectivity index (χ1) is 6.18. The molecule has 4 heteroatoms. The van der Waals surface area contributed by atoms with Crippen molar-refractivity contribution in [1.29, 1.82) is 0 Å². The molecule has 0 fully saturated rings. The number of hydrogen-bond donors (Lipinski definition) is 1. The summed E-state index contributed by atoms with van der Waals surface area (Å²) < 4.78 is 0. The predicted molar refractivity (Wildman–Crippen MR) is 46.4 cm³/mol. The molecule has 1 aliphatic rings. The molecule has 0 aromatic heterocycles. The standard InChI is InChI=1S/C9H9N2O2/c1-5-7-3-2-6(10)4-8(7)13-11-9(5)12/h2-5,10H,1H3,(H,11,12). The SMILES string of the molecule is CC1C(=O)NOc2cc([NH])ccc21. The summed E-state index contributed by atoms with van der Waals surface area (Å²) in [6.45, 7) is 1.81. The molecule has 13 heavy (non-hydrogen) atoms. The Hall–Kier alpha value is -1.71. The molecular formula is C9H9N2O2. The molecule has 1 radical (unpaired) electrons. The zero-order valence-corrected chi connectivity index (χ0v) is 7.13. The zero-order chi connectivity index (χ0) is 9.42. The van der Waals surface area contributed by atoms with Crippen LogP contribution in [0.3, 0.4) is 0 Å². The largest absolute Gasteiger partial charge is 0.379 e. The number of carbonyl (C=O) groups excluding carboxylic acids is 1. The Morgan fingerprint density at radius 2 is 2.31 bits per heavy atom. The number of fused-ring (bicyclic) bond motifs is 1. The summed E-state index contributed by atoms with van der Waals surface area (Å²) in [6.07, 6.45) is 0. The Morgan fingerprint density at radius 1 is 1.54 bits per heavy atom. The first-order valence-corrected chi connectivity index (χ1v) is 4.01. The van der Waals surface area contributed by atoms with Gasteiger partial charge in [0.15, 0.2) is 5.75 Å². The molecule has 1 aliphatic heterocycles. The van der Waals surface area contributed by atoms with Crippen molar-refractivity contribution in [2.24, 2.45) is 0 Å². The van der Waals surface area contributed by atoms with Gasteiger partial charge in [-0.3, -0.25) is 4.79 Å². The highest BCUT2D eigenvalue weighted by Gasteiger charge is 2.24. The van der Waals surface area contributed by atoms with Crippen LogP contribution in [0, 0.1) is 0 Å². The fourth-order valence-corrected chi connectivity index (χ4v) is 1.32. The Morgan fingerprint density at radius 3 is 3.08 bits per heavy atom. The monoisotopic (exact) mass is 177 g/mol. The molecule has 0 bridgehead atoms. The van der Waals surface area contributed by atoms with E-state index in [4.69, 9.17) is 10.6 Å². The van der Waals surface area contributed by atoms with E-state index in [1.807, 2.05) is 0 Å². The molecule has 0 spiro atoms. The summed E-state index contributed by atoms with van der Waals surface area (Å²) in [6, 6.07) is 4.99. The highest BCUT2D eigenvalue weighted by molar-refractivity contribution is 5.85. The minimum absolute atomic E-state index is 0.148. The molecule has 2 N–H and O–H groups in total. The van der Waals surface area contributed by atoms with Crippen LogP contribution in [0.5, 0.6) is 5.75 Å². The van der Waals surface area contributed by atoms with Crippen LogP contribution in [0.2, 0.25) is 0 Å². The van der Waals surface area contributed by atoms with Gasteiger partial charge in [-0.15, -0.1) is 0 Å². The number of amides is 1. The van der Waals surface area contributed by atoms with Crippen LogP contribution in [0.4, 0.5) is 5.69 Å². The van der Waals surface area contributed by atoms with E-state index in [1.54, 1.807) is 25.1 Å². The summed E-state index contributed by atoms with van der Waals surface area (Å²) in [4.78, 5) is 16.1. The van der Waals surface area contributed by atoms with Gasteiger partial charge in [0.2, 0.25) is 0 Å². The first-order valence-electron chi connectivity index (χ1n) is 4.01. The second kappa shape index (κ2) is 2.65. The molecule has 67 valence electrons. The van der Waals surface area contributed by atoms with E-state index in [1.165, 1.54) is 0 Å². The van der Waals surface area contributed by atoms with E-state index in [-0.39, 0.29) is 11.8 Å². The number of nitrogens with one attached hydrogen (secondary N) is 2. The van der Waals surface area contributed by atoms with Gasteiger partial charge >= 0.3 is 0 Å². The van der Waals surface area contributed by atoms with Crippen LogP contribution in [-0.4, -0.2) is 5.91 Å². The maximum Gasteiger partial charge on any atom is 0.259 e. The van der Waals surface area contributed by atoms with Crippen molar-refractivity contribution in [1.82, 2.24) is 11.2 Å². The third kappa shape index (κ3) is 1.20. The molecule has 1 atom stereocenters. The quantitative estimate of drug-likeness (QED) is 0.645. The average Bonchev–Trinajstić information content (AvgIpc) is 2.12. The zero-order valence-electron chi connectivity index (χ0n) is 7.13. The Kier molecular flexibility index (Phi) is 1.62. The van der Waals surface area contributed by atoms with Crippen molar-refractivity contribution in [2.45, 2.75) is 12.8 Å². The summed E-state index contributed by atoms with van der Waals surface area (Å²) >= 11 is 0. The van der Waals surface area contributed by atoms with E-state index in [0.29, 0.717) is 11.4 Å². The van der Waals surface area contributed by atoms with Gasteiger partial charge < -0.3 is 10.6 Å². The molecular weight excluding hydrogens is 168 g/mol. The van der Waals surface area contributed by atoms with Crippen LogP contribution in [0.1, 0.15) is 18.4 Å². The summed E-state index contributed by atoms with van der Waals surface area (Å²) in [5.74, 6) is 0.217. The number of rotatable bonds is 0. The molecule has 0 saturated heterocycles. The summed E-state index contributed by atoms with van der Waals surface area (Å²) in [5.41, 5.74) is 10.9. The van der Waals surface area contributed by atoms with Crippen molar-refractivity contribution >= 4 is 11.6 Å². The molecule has 4 nitrogen and oxygen atoms in total. The van der Waals surface area contributed by atoms with Crippen LogP contribution >= 0.6 is 0 Å². The highest BCUT2D eigenvalue weighted by Crippen LogP contribution is 2.31. The minimum atomic E-state index is -0.204. The smallest absolute Gasteiger partial charge is 0.259 e. The van der Waals surface area contributed by atoms with E-state index in [2.05, 4.69) is 5.48 Å². The molecule has 1 unspecified atom stereocenters. The third-order valence-corrected chi connectivity index (χ3v) is 2.13. The van der Waals surface area contributed by atoms with Crippen molar-refractivity contribution < 1.29 is 9.63 Å². The number of hydrogen-bond acceptors (Lipinski definition) is 2. The van der Waals surface area contributed by atoms with Gasteiger partial charge in [0, 0.05) is 11.6 Å². The Balaban J connectivity index is 2.49. The van der Waals surface area contributed by atoms with Gasteiger partial charge in [-0.25, -0.2) is 0 Å². The van der Waals surface area contributed by atoms with Crippen LogP contribution in [-0.2, 0) is 4.79 Å². The maximum atomic E-state index is 11.2. The lowest BCUT2D eigenvalue weighted by Crippen LogP contribution is -2.35.